The highest BCUT2D eigenvalue weighted by atomic mass is 28.4. The molecule has 0 N–H and O–H groups in total. The predicted molar refractivity (Wildman–Crippen MR) is 86.3 cm³/mol. The Morgan fingerprint density at radius 1 is 1.35 bits per heavy atom. The molecule has 3 nitrogen and oxygen atoms in total. The lowest BCUT2D eigenvalue weighted by atomic mass is 10.0. The first-order chi connectivity index (χ1) is 9.28. The number of allylic oxidation sites excluding steroid dienone is 1. The molecular weight excluding hydrogens is 282 g/mol. The fourth-order valence-electron chi connectivity index (χ4n) is 2.55. The van der Waals surface area contributed by atoms with Crippen molar-refractivity contribution in [2.24, 2.45) is 0 Å². The van der Waals surface area contributed by atoms with E-state index in [0.717, 1.165) is 12.0 Å². The SMILES string of the molecule is CC1=Cc2c(cccc2C(=O)[N][Si](C)(C)O[Si](C)C)C1. The Bertz CT molecular complexity index is 565. The van der Waals surface area contributed by atoms with Crippen molar-refractivity contribution >= 4 is 29.5 Å². The van der Waals surface area contributed by atoms with Gasteiger partial charge in [0.2, 0.25) is 0 Å². The van der Waals surface area contributed by atoms with Crippen LogP contribution < -0.4 is 4.98 Å². The van der Waals surface area contributed by atoms with E-state index in [2.05, 4.69) is 37.1 Å². The van der Waals surface area contributed by atoms with E-state index in [-0.39, 0.29) is 5.91 Å². The number of carbonyl (C=O) groups is 1. The van der Waals surface area contributed by atoms with Gasteiger partial charge in [0.05, 0.1) is 0 Å². The maximum atomic E-state index is 12.5. The average Bonchev–Trinajstić information content (AvgIpc) is 2.65. The van der Waals surface area contributed by atoms with E-state index in [9.17, 15) is 4.79 Å². The second kappa shape index (κ2) is 5.67. The van der Waals surface area contributed by atoms with E-state index >= 15 is 0 Å². The molecule has 1 aliphatic carbocycles. The van der Waals surface area contributed by atoms with Crippen molar-refractivity contribution in [3.63, 3.8) is 0 Å². The number of hydrogen-bond donors (Lipinski definition) is 0. The van der Waals surface area contributed by atoms with Gasteiger partial charge in [-0.1, -0.05) is 23.8 Å². The van der Waals surface area contributed by atoms with Crippen molar-refractivity contribution in [3.8, 4) is 0 Å². The molecule has 5 heteroatoms. The molecule has 0 aromatic heterocycles. The first-order valence-electron chi connectivity index (χ1n) is 6.84. The van der Waals surface area contributed by atoms with Crippen molar-refractivity contribution in [3.05, 3.63) is 40.5 Å². The summed E-state index contributed by atoms with van der Waals surface area (Å²) >= 11 is 0. The van der Waals surface area contributed by atoms with Crippen LogP contribution in [0.5, 0.6) is 0 Å². The number of hydrogen-bond acceptors (Lipinski definition) is 2. The van der Waals surface area contributed by atoms with E-state index in [1.54, 1.807) is 0 Å². The van der Waals surface area contributed by atoms with E-state index in [4.69, 9.17) is 4.12 Å². The summed E-state index contributed by atoms with van der Waals surface area (Å²) in [6.07, 6.45) is 3.03. The highest BCUT2D eigenvalue weighted by molar-refractivity contribution is 6.77. The molecule has 0 spiro atoms. The molecule has 0 heterocycles. The molecule has 1 amide bonds. The number of benzene rings is 1. The molecule has 0 atom stereocenters. The van der Waals surface area contributed by atoms with Crippen molar-refractivity contribution < 1.29 is 8.91 Å². The minimum absolute atomic E-state index is 0.132. The van der Waals surface area contributed by atoms with Crippen molar-refractivity contribution in [2.75, 3.05) is 0 Å². The second-order valence-electron chi connectivity index (χ2n) is 5.92. The molecule has 1 aromatic carbocycles. The molecule has 106 valence electrons. The van der Waals surface area contributed by atoms with Gasteiger partial charge in [-0.25, -0.2) is 0 Å². The number of amides is 1. The summed E-state index contributed by atoms with van der Waals surface area (Å²) in [5.41, 5.74) is 4.27. The zero-order chi connectivity index (χ0) is 14.9. The fraction of sp³-hybridized carbons (Fsp3) is 0.400. The molecule has 1 aliphatic rings. The Labute approximate surface area is 124 Å². The number of fused-ring (bicyclic) bond motifs is 1. The topological polar surface area (TPSA) is 40.4 Å². The zero-order valence-electron chi connectivity index (χ0n) is 12.8. The van der Waals surface area contributed by atoms with Crippen LogP contribution in [0.3, 0.4) is 0 Å². The molecule has 2 radical (unpaired) electrons. The summed E-state index contributed by atoms with van der Waals surface area (Å²) in [5, 5.41) is 0. The third-order valence-corrected chi connectivity index (χ3v) is 7.48. The summed E-state index contributed by atoms with van der Waals surface area (Å²) < 4.78 is 5.91. The quantitative estimate of drug-likeness (QED) is 0.800. The minimum Gasteiger partial charge on any atom is -0.440 e. The van der Waals surface area contributed by atoms with Crippen molar-refractivity contribution in [1.82, 2.24) is 4.98 Å². The average molecular weight is 304 g/mol. The third kappa shape index (κ3) is 3.47. The second-order valence-corrected chi connectivity index (χ2v) is 11.7. The Balaban J connectivity index is 2.21. The van der Waals surface area contributed by atoms with Gasteiger partial charge in [-0.05, 0) is 56.7 Å². The number of carbonyl (C=O) groups excluding carboxylic acids is 1. The predicted octanol–water partition coefficient (Wildman–Crippen LogP) is 3.36. The first-order valence-corrected chi connectivity index (χ1v) is 12.1. The lowest BCUT2D eigenvalue weighted by Crippen LogP contribution is -2.48. The summed E-state index contributed by atoms with van der Waals surface area (Å²) in [5.74, 6) is -0.132. The maximum absolute atomic E-state index is 12.5. The van der Waals surface area contributed by atoms with Crippen LogP contribution in [0.15, 0.2) is 23.8 Å². The van der Waals surface area contributed by atoms with Gasteiger partial charge in [0.15, 0.2) is 9.04 Å². The monoisotopic (exact) mass is 303 g/mol. The molecule has 0 bridgehead atoms. The lowest BCUT2D eigenvalue weighted by Gasteiger charge is -2.23. The lowest BCUT2D eigenvalue weighted by molar-refractivity contribution is 0.0970. The van der Waals surface area contributed by atoms with Gasteiger partial charge < -0.3 is 4.12 Å². The molecule has 0 saturated heterocycles. The summed E-state index contributed by atoms with van der Waals surface area (Å²) in [6, 6.07) is 5.89. The molecule has 0 unspecified atom stereocenters. The van der Waals surface area contributed by atoms with Gasteiger partial charge in [-0.3, -0.25) is 9.78 Å². The Kier molecular flexibility index (Phi) is 4.32. The third-order valence-electron chi connectivity index (χ3n) is 3.11. The molecular formula is C15H21NO2Si2. The highest BCUT2D eigenvalue weighted by Crippen LogP contribution is 2.28. The highest BCUT2D eigenvalue weighted by Gasteiger charge is 2.31. The maximum Gasteiger partial charge on any atom is 0.307 e. The standard InChI is InChI=1S/C15H21NO2Si2/c1-11-9-12-7-6-8-13(14(12)10-11)15(17)16-20(4,5)18-19(2)3/h6-8,10H,9H2,1-5H3. The van der Waals surface area contributed by atoms with Crippen molar-refractivity contribution in [2.45, 2.75) is 39.5 Å². The van der Waals surface area contributed by atoms with Crippen LogP contribution in [0.1, 0.15) is 28.4 Å². The van der Waals surface area contributed by atoms with Crippen LogP contribution >= 0.6 is 0 Å². The molecule has 0 fully saturated rings. The molecule has 20 heavy (non-hydrogen) atoms. The van der Waals surface area contributed by atoms with Crippen LogP contribution in [0.25, 0.3) is 6.08 Å². The molecule has 2 rings (SSSR count). The van der Waals surface area contributed by atoms with Crippen LogP contribution in [0, 0.1) is 0 Å². The zero-order valence-corrected chi connectivity index (χ0v) is 14.8. The van der Waals surface area contributed by atoms with Crippen LogP contribution in [-0.2, 0) is 10.5 Å². The van der Waals surface area contributed by atoms with Crippen LogP contribution in [0.4, 0.5) is 0 Å². The van der Waals surface area contributed by atoms with E-state index < -0.39 is 17.5 Å². The first kappa shape index (κ1) is 15.2. The molecule has 0 saturated carbocycles. The summed E-state index contributed by atoms with van der Waals surface area (Å²) in [7, 11) is -3.10. The normalized spacial score (nSPS) is 14.2. The van der Waals surface area contributed by atoms with Gasteiger partial charge in [-0.15, -0.1) is 0 Å². The van der Waals surface area contributed by atoms with E-state index in [1.807, 2.05) is 25.2 Å². The number of rotatable bonds is 4. The van der Waals surface area contributed by atoms with E-state index in [1.165, 1.54) is 11.1 Å². The Morgan fingerprint density at radius 3 is 2.70 bits per heavy atom. The van der Waals surface area contributed by atoms with E-state index in [0.29, 0.717) is 5.56 Å². The van der Waals surface area contributed by atoms with Gasteiger partial charge in [-0.2, -0.15) is 0 Å². The smallest absolute Gasteiger partial charge is 0.307 e. The summed E-state index contributed by atoms with van der Waals surface area (Å²) in [4.78, 5) is 16.9. The Morgan fingerprint density at radius 2 is 2.05 bits per heavy atom. The summed E-state index contributed by atoms with van der Waals surface area (Å²) in [6.45, 7) is 10.2. The van der Waals surface area contributed by atoms with Gasteiger partial charge >= 0.3 is 8.48 Å². The van der Waals surface area contributed by atoms with Gasteiger partial charge in [0.1, 0.15) is 0 Å². The van der Waals surface area contributed by atoms with Gasteiger partial charge in [0.25, 0.3) is 5.91 Å². The minimum atomic E-state index is -2.26. The van der Waals surface area contributed by atoms with Crippen molar-refractivity contribution in [1.29, 1.82) is 0 Å². The fourth-order valence-corrected chi connectivity index (χ4v) is 7.34. The largest absolute Gasteiger partial charge is 0.440 e. The molecule has 0 aliphatic heterocycles. The Hall–Kier alpha value is -1.18. The van der Waals surface area contributed by atoms with Crippen LogP contribution in [-0.4, -0.2) is 23.4 Å². The number of nitrogens with zero attached hydrogens (tertiary/aromatic N) is 1. The molecule has 1 aromatic rings. The van der Waals surface area contributed by atoms with Crippen LogP contribution in [0.2, 0.25) is 26.2 Å². The van der Waals surface area contributed by atoms with Gasteiger partial charge in [0, 0.05) is 5.56 Å².